The molecule has 0 N–H and O–H groups in total. The largest absolute Gasteiger partial charge is 0.292 e. The number of pyridine rings is 1. The monoisotopic (exact) mass is 258 g/mol. The fourth-order valence-corrected chi connectivity index (χ4v) is 1.68. The van der Waals surface area contributed by atoms with Crippen molar-refractivity contribution in [2.75, 3.05) is 0 Å². The zero-order valence-corrected chi connectivity index (χ0v) is 9.68. The molecule has 0 saturated carbocycles. The number of nitrogens with zero attached hydrogens (tertiary/aromatic N) is 2. The van der Waals surface area contributed by atoms with E-state index in [2.05, 4.69) is 4.98 Å². The average Bonchev–Trinajstić information content (AvgIpc) is 2.43. The zero-order valence-electron chi connectivity index (χ0n) is 9.68. The summed E-state index contributed by atoms with van der Waals surface area (Å²) in [5.41, 5.74) is -0.0328. The van der Waals surface area contributed by atoms with E-state index >= 15 is 0 Å². The first kappa shape index (κ1) is 12.8. The summed E-state index contributed by atoms with van der Waals surface area (Å²) in [7, 11) is 0. The van der Waals surface area contributed by atoms with Gasteiger partial charge in [-0.1, -0.05) is 0 Å². The van der Waals surface area contributed by atoms with Gasteiger partial charge in [0.25, 0.3) is 0 Å². The number of Topliss-reactive ketones (excluding diaryl/α,β-unsaturated/α-hetero) is 1. The van der Waals surface area contributed by atoms with Gasteiger partial charge in [-0.3, -0.25) is 9.78 Å². The summed E-state index contributed by atoms with van der Waals surface area (Å²) in [6, 6.07) is 7.35. The van der Waals surface area contributed by atoms with Crippen molar-refractivity contribution in [1.82, 2.24) is 4.98 Å². The second kappa shape index (κ2) is 5.36. The lowest BCUT2D eigenvalue weighted by molar-refractivity contribution is 0.0974. The number of aromatic nitrogens is 1. The minimum absolute atomic E-state index is 0.395. The molecule has 0 aliphatic heterocycles. The summed E-state index contributed by atoms with van der Waals surface area (Å²) in [6.07, 6.45) is 2.85. The van der Waals surface area contributed by atoms with Crippen molar-refractivity contribution in [3.8, 4) is 6.07 Å². The van der Waals surface area contributed by atoms with Gasteiger partial charge >= 0.3 is 0 Å². The van der Waals surface area contributed by atoms with Gasteiger partial charge in [0.15, 0.2) is 5.78 Å². The lowest BCUT2D eigenvalue weighted by Crippen LogP contribution is -2.13. The molecule has 1 aromatic heterocycles. The molecule has 0 amide bonds. The average molecular weight is 258 g/mol. The maximum Gasteiger partial charge on any atom is 0.187 e. The van der Waals surface area contributed by atoms with E-state index in [1.165, 1.54) is 24.5 Å². The number of nitriles is 1. The summed E-state index contributed by atoms with van der Waals surface area (Å²) in [6.45, 7) is 0. The van der Waals surface area contributed by atoms with Gasteiger partial charge in [0.05, 0.1) is 11.6 Å². The lowest BCUT2D eigenvalue weighted by atomic mass is 9.92. The van der Waals surface area contributed by atoms with Crippen molar-refractivity contribution in [2.24, 2.45) is 0 Å². The van der Waals surface area contributed by atoms with E-state index in [1.807, 2.05) is 0 Å². The molecule has 19 heavy (non-hydrogen) atoms. The minimum atomic E-state index is -1.18. The van der Waals surface area contributed by atoms with Crippen LogP contribution in [0.25, 0.3) is 0 Å². The molecule has 0 spiro atoms. The number of hydrogen-bond acceptors (Lipinski definition) is 3. The molecule has 0 radical (unpaired) electrons. The molecule has 1 heterocycles. The Hall–Kier alpha value is -2.61. The number of hydrogen-bond donors (Lipinski definition) is 0. The first-order valence-electron chi connectivity index (χ1n) is 5.42. The summed E-state index contributed by atoms with van der Waals surface area (Å²) >= 11 is 0. The normalized spacial score (nSPS) is 11.6. The van der Waals surface area contributed by atoms with E-state index in [1.54, 1.807) is 6.07 Å². The van der Waals surface area contributed by atoms with Crippen molar-refractivity contribution in [3.63, 3.8) is 0 Å². The van der Waals surface area contributed by atoms with E-state index in [-0.39, 0.29) is 0 Å². The van der Waals surface area contributed by atoms with Crippen molar-refractivity contribution in [3.05, 3.63) is 65.5 Å². The minimum Gasteiger partial charge on any atom is -0.292 e. The number of carbonyl (C=O) groups excluding carboxylic acids is 1. The molecular weight excluding hydrogens is 250 g/mol. The van der Waals surface area contributed by atoms with E-state index < -0.39 is 28.9 Å². The van der Waals surface area contributed by atoms with Crippen LogP contribution in [0.3, 0.4) is 0 Å². The number of halogens is 2. The Morgan fingerprint density at radius 1 is 1.21 bits per heavy atom. The second-order valence-corrected chi connectivity index (χ2v) is 3.83. The van der Waals surface area contributed by atoms with Crippen LogP contribution in [-0.2, 0) is 0 Å². The van der Waals surface area contributed by atoms with Gasteiger partial charge in [0.2, 0.25) is 0 Å². The summed E-state index contributed by atoms with van der Waals surface area (Å²) in [5, 5.41) is 9.06. The van der Waals surface area contributed by atoms with Crippen molar-refractivity contribution < 1.29 is 13.6 Å². The van der Waals surface area contributed by atoms with E-state index in [0.29, 0.717) is 5.56 Å². The third-order valence-electron chi connectivity index (χ3n) is 2.62. The van der Waals surface area contributed by atoms with E-state index in [0.717, 1.165) is 18.2 Å². The fourth-order valence-electron chi connectivity index (χ4n) is 1.68. The summed E-state index contributed by atoms with van der Waals surface area (Å²) < 4.78 is 26.6. The predicted molar refractivity (Wildman–Crippen MR) is 63.3 cm³/mol. The first-order valence-corrected chi connectivity index (χ1v) is 5.42. The molecule has 1 aromatic carbocycles. The maximum atomic E-state index is 13.5. The SMILES string of the molecule is N#CC(C(=O)c1cc(F)ccc1F)c1ccncc1. The molecule has 0 fully saturated rings. The summed E-state index contributed by atoms with van der Waals surface area (Å²) in [5.74, 6) is -3.53. The van der Waals surface area contributed by atoms with Crippen molar-refractivity contribution in [2.45, 2.75) is 5.92 Å². The molecule has 1 atom stereocenters. The Balaban J connectivity index is 2.43. The number of ketones is 1. The molecule has 94 valence electrons. The van der Waals surface area contributed by atoms with Crippen LogP contribution in [0.2, 0.25) is 0 Å². The molecule has 5 heteroatoms. The molecular formula is C14H8F2N2O. The van der Waals surface area contributed by atoms with Gasteiger partial charge in [0.1, 0.15) is 17.6 Å². The Morgan fingerprint density at radius 3 is 2.53 bits per heavy atom. The third kappa shape index (κ3) is 2.63. The molecule has 2 rings (SSSR count). The molecule has 0 bridgehead atoms. The predicted octanol–water partition coefficient (Wildman–Crippen LogP) is 2.85. The maximum absolute atomic E-state index is 13.5. The van der Waals surface area contributed by atoms with Crippen molar-refractivity contribution in [1.29, 1.82) is 5.26 Å². The lowest BCUT2D eigenvalue weighted by Gasteiger charge is -2.09. The Kier molecular flexibility index (Phi) is 3.62. The van der Waals surface area contributed by atoms with Gasteiger partial charge in [0, 0.05) is 12.4 Å². The highest BCUT2D eigenvalue weighted by Crippen LogP contribution is 2.22. The first-order chi connectivity index (χ1) is 9.13. The molecule has 0 aliphatic carbocycles. The zero-order chi connectivity index (χ0) is 13.8. The van der Waals surface area contributed by atoms with Crippen LogP contribution in [0.4, 0.5) is 8.78 Å². The highest BCUT2D eigenvalue weighted by molar-refractivity contribution is 6.02. The van der Waals surface area contributed by atoms with Gasteiger partial charge in [-0.2, -0.15) is 5.26 Å². The van der Waals surface area contributed by atoms with Crippen LogP contribution >= 0.6 is 0 Å². The molecule has 0 saturated heterocycles. The highest BCUT2D eigenvalue weighted by atomic mass is 19.1. The smallest absolute Gasteiger partial charge is 0.187 e. The summed E-state index contributed by atoms with van der Waals surface area (Å²) in [4.78, 5) is 15.9. The second-order valence-electron chi connectivity index (χ2n) is 3.83. The van der Waals surface area contributed by atoms with Gasteiger partial charge in [-0.05, 0) is 35.9 Å². The van der Waals surface area contributed by atoms with Crippen LogP contribution in [0, 0.1) is 23.0 Å². The van der Waals surface area contributed by atoms with Gasteiger partial charge in [-0.15, -0.1) is 0 Å². The van der Waals surface area contributed by atoms with Gasteiger partial charge in [-0.25, -0.2) is 8.78 Å². The van der Waals surface area contributed by atoms with Crippen molar-refractivity contribution >= 4 is 5.78 Å². The van der Waals surface area contributed by atoms with Crippen LogP contribution in [0.5, 0.6) is 0 Å². The Bertz CT molecular complexity index is 650. The standard InChI is InChI=1S/C14H8F2N2O/c15-10-1-2-13(16)11(7-10)14(19)12(8-17)9-3-5-18-6-4-9/h1-7,12H. The Morgan fingerprint density at radius 2 is 1.89 bits per heavy atom. The van der Waals surface area contributed by atoms with Crippen LogP contribution < -0.4 is 0 Å². The fraction of sp³-hybridized carbons (Fsp3) is 0.0714. The van der Waals surface area contributed by atoms with Crippen LogP contribution in [0.15, 0.2) is 42.7 Å². The highest BCUT2D eigenvalue weighted by Gasteiger charge is 2.24. The topological polar surface area (TPSA) is 53.8 Å². The van der Waals surface area contributed by atoms with E-state index in [4.69, 9.17) is 5.26 Å². The van der Waals surface area contributed by atoms with Crippen LogP contribution in [-0.4, -0.2) is 10.8 Å². The number of rotatable bonds is 3. The van der Waals surface area contributed by atoms with E-state index in [9.17, 15) is 13.6 Å². The molecule has 1 unspecified atom stereocenters. The molecule has 3 nitrogen and oxygen atoms in total. The Labute approximate surface area is 108 Å². The molecule has 0 aliphatic rings. The molecule has 2 aromatic rings. The van der Waals surface area contributed by atoms with Gasteiger partial charge < -0.3 is 0 Å². The number of carbonyl (C=O) groups is 1. The van der Waals surface area contributed by atoms with Crippen LogP contribution in [0.1, 0.15) is 21.8 Å². The quantitative estimate of drug-likeness (QED) is 0.795. The number of benzene rings is 1. The third-order valence-corrected chi connectivity index (χ3v) is 2.62.